The molecule has 1 saturated heterocycles. The molecule has 2 aliphatic rings. The van der Waals surface area contributed by atoms with Crippen molar-refractivity contribution in [3.8, 4) is 5.75 Å². The molecule has 5 rings (SSSR count). The van der Waals surface area contributed by atoms with E-state index in [2.05, 4.69) is 24.8 Å². The highest BCUT2D eigenvalue weighted by atomic mass is 19.1. The van der Waals surface area contributed by atoms with Gasteiger partial charge in [0.1, 0.15) is 22.7 Å². The SMILES string of the molecule is COC(=O)c1ccc(N2CCN3Cc4c(cc5nc(C)c(=O)[nH]c5c4F)OCC[C@@H]3C2)cn1. The summed E-state index contributed by atoms with van der Waals surface area (Å²) in [6, 6.07) is 5.38. The highest BCUT2D eigenvalue weighted by molar-refractivity contribution is 5.87. The maximum atomic E-state index is 15.4. The molecule has 0 amide bonds. The quantitative estimate of drug-likeness (QED) is 0.589. The number of carbonyl (C=O) groups is 1. The van der Waals surface area contributed by atoms with Crippen LogP contribution < -0.4 is 15.2 Å². The molecule has 0 unspecified atom stereocenters. The third kappa shape index (κ3) is 3.91. The lowest BCUT2D eigenvalue weighted by Crippen LogP contribution is -2.53. The van der Waals surface area contributed by atoms with Gasteiger partial charge in [-0.2, -0.15) is 0 Å². The lowest BCUT2D eigenvalue weighted by Gasteiger charge is -2.43. The predicted molar refractivity (Wildman–Crippen MR) is 119 cm³/mol. The van der Waals surface area contributed by atoms with Gasteiger partial charge in [0, 0.05) is 43.9 Å². The van der Waals surface area contributed by atoms with Gasteiger partial charge in [-0.3, -0.25) is 9.69 Å². The van der Waals surface area contributed by atoms with Crippen LogP contribution in [0.2, 0.25) is 0 Å². The van der Waals surface area contributed by atoms with Crippen molar-refractivity contribution in [2.24, 2.45) is 0 Å². The highest BCUT2D eigenvalue weighted by Crippen LogP contribution is 2.33. The number of aromatic nitrogens is 3. The van der Waals surface area contributed by atoms with Gasteiger partial charge in [0.15, 0.2) is 5.82 Å². The maximum absolute atomic E-state index is 15.4. The van der Waals surface area contributed by atoms with E-state index in [1.54, 1.807) is 25.3 Å². The minimum absolute atomic E-state index is 0.112. The fourth-order valence-corrected chi connectivity index (χ4v) is 4.49. The van der Waals surface area contributed by atoms with Crippen LogP contribution in [0.4, 0.5) is 10.1 Å². The summed E-state index contributed by atoms with van der Waals surface area (Å²) in [7, 11) is 1.33. The number of carbonyl (C=O) groups excluding carboxylic acids is 1. The van der Waals surface area contributed by atoms with E-state index in [0.29, 0.717) is 30.0 Å². The zero-order valence-electron chi connectivity index (χ0n) is 18.4. The van der Waals surface area contributed by atoms with Crippen molar-refractivity contribution < 1.29 is 18.7 Å². The second kappa shape index (κ2) is 8.43. The molecule has 0 radical (unpaired) electrons. The maximum Gasteiger partial charge on any atom is 0.356 e. The number of ether oxygens (including phenoxy) is 2. The lowest BCUT2D eigenvalue weighted by atomic mass is 10.0. The second-order valence-corrected chi connectivity index (χ2v) is 8.31. The van der Waals surface area contributed by atoms with Crippen molar-refractivity contribution >= 4 is 22.7 Å². The third-order valence-corrected chi connectivity index (χ3v) is 6.34. The van der Waals surface area contributed by atoms with E-state index < -0.39 is 17.3 Å². The second-order valence-electron chi connectivity index (χ2n) is 8.31. The zero-order valence-corrected chi connectivity index (χ0v) is 18.4. The van der Waals surface area contributed by atoms with E-state index in [9.17, 15) is 9.59 Å². The van der Waals surface area contributed by atoms with Gasteiger partial charge in [-0.25, -0.2) is 19.2 Å². The third-order valence-electron chi connectivity index (χ3n) is 6.34. The molecule has 1 aromatic carbocycles. The molecule has 10 heteroatoms. The largest absolute Gasteiger partial charge is 0.493 e. The fraction of sp³-hybridized carbons (Fsp3) is 0.391. The molecule has 4 heterocycles. The van der Waals surface area contributed by atoms with Crippen molar-refractivity contribution in [3.63, 3.8) is 0 Å². The van der Waals surface area contributed by atoms with Crippen molar-refractivity contribution in [3.05, 3.63) is 57.5 Å². The van der Waals surface area contributed by atoms with Crippen LogP contribution in [0.1, 0.15) is 28.2 Å². The molecule has 0 aliphatic carbocycles. The Hall–Kier alpha value is -3.53. The molecule has 2 aromatic heterocycles. The van der Waals surface area contributed by atoms with E-state index in [0.717, 1.165) is 31.7 Å². The van der Waals surface area contributed by atoms with E-state index in [1.165, 1.54) is 7.11 Å². The minimum Gasteiger partial charge on any atom is -0.493 e. The number of aryl methyl sites for hydroxylation is 1. The first-order valence-electron chi connectivity index (χ1n) is 10.8. The molecule has 2 aliphatic heterocycles. The molecule has 1 fully saturated rings. The van der Waals surface area contributed by atoms with Crippen LogP contribution in [0.5, 0.6) is 5.75 Å². The van der Waals surface area contributed by atoms with Crippen molar-refractivity contribution in [1.82, 2.24) is 19.9 Å². The normalized spacial score (nSPS) is 18.6. The van der Waals surface area contributed by atoms with Crippen LogP contribution in [0.3, 0.4) is 0 Å². The van der Waals surface area contributed by atoms with E-state index in [-0.39, 0.29) is 22.9 Å². The Morgan fingerprint density at radius 2 is 2.18 bits per heavy atom. The van der Waals surface area contributed by atoms with Crippen LogP contribution in [-0.2, 0) is 11.3 Å². The van der Waals surface area contributed by atoms with Gasteiger partial charge in [-0.1, -0.05) is 0 Å². The molecule has 3 aromatic rings. The number of hydrogen-bond donors (Lipinski definition) is 1. The molecule has 0 spiro atoms. The van der Waals surface area contributed by atoms with E-state index in [1.807, 2.05) is 6.07 Å². The molecule has 0 saturated carbocycles. The van der Waals surface area contributed by atoms with Crippen molar-refractivity contribution in [2.45, 2.75) is 25.9 Å². The number of nitrogens with zero attached hydrogens (tertiary/aromatic N) is 4. The zero-order chi connectivity index (χ0) is 23.1. The minimum atomic E-state index is -0.488. The number of pyridine rings is 1. The first-order valence-corrected chi connectivity index (χ1v) is 10.8. The van der Waals surface area contributed by atoms with Gasteiger partial charge in [0.2, 0.25) is 0 Å². The molecule has 1 atom stereocenters. The molecule has 33 heavy (non-hydrogen) atoms. The number of fused-ring (bicyclic) bond motifs is 3. The highest BCUT2D eigenvalue weighted by Gasteiger charge is 2.31. The number of halogens is 1. The van der Waals surface area contributed by atoms with Crippen LogP contribution in [0.15, 0.2) is 29.2 Å². The Bertz CT molecular complexity index is 1280. The van der Waals surface area contributed by atoms with Gasteiger partial charge in [0.05, 0.1) is 31.1 Å². The lowest BCUT2D eigenvalue weighted by molar-refractivity contribution is 0.0594. The first-order chi connectivity index (χ1) is 15.9. The molecule has 1 N–H and O–H groups in total. The molecular formula is C23H24FN5O4. The average Bonchev–Trinajstić information content (AvgIpc) is 2.81. The molecule has 172 valence electrons. The summed E-state index contributed by atoms with van der Waals surface area (Å²) in [5.41, 5.74) is 2.01. The van der Waals surface area contributed by atoms with Gasteiger partial charge in [-0.05, 0) is 25.5 Å². The van der Waals surface area contributed by atoms with Crippen LogP contribution >= 0.6 is 0 Å². The Morgan fingerprint density at radius 1 is 1.33 bits per heavy atom. The summed E-state index contributed by atoms with van der Waals surface area (Å²) in [6.07, 6.45) is 2.45. The Morgan fingerprint density at radius 3 is 2.94 bits per heavy atom. The number of methoxy groups -OCH3 is 1. The van der Waals surface area contributed by atoms with Crippen LogP contribution in [0, 0.1) is 12.7 Å². The molecule has 9 nitrogen and oxygen atoms in total. The van der Waals surface area contributed by atoms with Crippen LogP contribution in [0.25, 0.3) is 11.0 Å². The Labute approximate surface area is 189 Å². The van der Waals surface area contributed by atoms with E-state index >= 15 is 4.39 Å². The van der Waals surface area contributed by atoms with Gasteiger partial charge < -0.3 is 19.4 Å². The van der Waals surface area contributed by atoms with E-state index in [4.69, 9.17) is 9.47 Å². The van der Waals surface area contributed by atoms with Crippen molar-refractivity contribution in [1.29, 1.82) is 0 Å². The number of rotatable bonds is 2. The van der Waals surface area contributed by atoms with Gasteiger partial charge in [0.25, 0.3) is 5.56 Å². The fourth-order valence-electron chi connectivity index (χ4n) is 4.49. The summed E-state index contributed by atoms with van der Waals surface area (Å²) >= 11 is 0. The number of H-pyrrole nitrogens is 1. The topological polar surface area (TPSA) is 101 Å². The number of aromatic amines is 1. The predicted octanol–water partition coefficient (Wildman–Crippen LogP) is 2.03. The number of hydrogen-bond acceptors (Lipinski definition) is 8. The molecule has 0 bridgehead atoms. The summed E-state index contributed by atoms with van der Waals surface area (Å²) < 4.78 is 26.1. The standard InChI is InChI=1S/C23H24FN5O4/c1-13-22(30)27-21-18(26-13)9-19-16(20(21)24)12-29-7-6-28(11-15(29)5-8-33-19)14-3-4-17(25-10-14)23(31)32-2/h3-4,9-10,15H,5-8,11-12H2,1-2H3,(H,27,30)/t15-/m1/s1. The summed E-state index contributed by atoms with van der Waals surface area (Å²) in [6.45, 7) is 4.60. The average molecular weight is 453 g/mol. The van der Waals surface area contributed by atoms with Crippen LogP contribution in [-0.4, -0.2) is 65.2 Å². The van der Waals surface area contributed by atoms with Crippen molar-refractivity contribution in [2.75, 3.05) is 38.3 Å². The number of nitrogens with one attached hydrogen (secondary N) is 1. The number of benzene rings is 1. The smallest absolute Gasteiger partial charge is 0.356 e. The van der Waals surface area contributed by atoms with Gasteiger partial charge in [-0.15, -0.1) is 0 Å². The number of anilines is 1. The monoisotopic (exact) mass is 453 g/mol. The molecular weight excluding hydrogens is 429 g/mol. The number of esters is 1. The number of piperazine rings is 1. The Balaban J connectivity index is 1.39. The summed E-state index contributed by atoms with van der Waals surface area (Å²) in [5, 5.41) is 0. The van der Waals surface area contributed by atoms with Gasteiger partial charge >= 0.3 is 5.97 Å². The first kappa shape index (κ1) is 21.3. The Kier molecular flexibility index (Phi) is 5.45. The summed E-state index contributed by atoms with van der Waals surface area (Å²) in [5.74, 6) is -0.483. The summed E-state index contributed by atoms with van der Waals surface area (Å²) in [4.78, 5) is 39.1.